The molecular formula is C14H19N3OS. The number of rotatable bonds is 3. The number of hydrogen-bond acceptors (Lipinski definition) is 4. The van der Waals surface area contributed by atoms with Crippen LogP contribution in [0.2, 0.25) is 0 Å². The van der Waals surface area contributed by atoms with Crippen molar-refractivity contribution >= 4 is 22.4 Å². The van der Waals surface area contributed by atoms with E-state index in [9.17, 15) is 10.1 Å². The second-order valence-corrected chi connectivity index (χ2v) is 6.39. The fourth-order valence-corrected chi connectivity index (χ4v) is 3.14. The number of nitriles is 1. The Bertz CT molecular complexity index is 469. The van der Waals surface area contributed by atoms with Gasteiger partial charge in [-0.05, 0) is 26.7 Å². The van der Waals surface area contributed by atoms with Crippen molar-refractivity contribution in [1.82, 2.24) is 4.98 Å². The Hall–Kier alpha value is -1.41. The summed E-state index contributed by atoms with van der Waals surface area (Å²) in [6.07, 6.45) is 7.25. The third kappa shape index (κ3) is 2.95. The lowest BCUT2D eigenvalue weighted by molar-refractivity contribution is -0.124. The van der Waals surface area contributed by atoms with Gasteiger partial charge in [0.25, 0.3) is 0 Å². The molecule has 0 N–H and O–H groups in total. The molecule has 1 aromatic rings. The maximum absolute atomic E-state index is 12.7. The van der Waals surface area contributed by atoms with Crippen molar-refractivity contribution in [2.24, 2.45) is 5.41 Å². The summed E-state index contributed by atoms with van der Waals surface area (Å²) in [7, 11) is 0. The van der Waals surface area contributed by atoms with Crippen molar-refractivity contribution in [2.75, 3.05) is 4.90 Å². The Morgan fingerprint density at radius 2 is 2.16 bits per heavy atom. The molecule has 1 saturated carbocycles. The molecule has 0 bridgehead atoms. The Labute approximate surface area is 118 Å². The first-order valence-corrected chi connectivity index (χ1v) is 7.58. The minimum absolute atomic E-state index is 0.128. The van der Waals surface area contributed by atoms with Gasteiger partial charge in [0.2, 0.25) is 5.91 Å². The number of amides is 1. The average Bonchev–Trinajstić information content (AvgIpc) is 2.94. The zero-order valence-corrected chi connectivity index (χ0v) is 12.2. The van der Waals surface area contributed by atoms with Crippen molar-refractivity contribution in [3.8, 4) is 6.07 Å². The Morgan fingerprint density at radius 1 is 1.47 bits per heavy atom. The van der Waals surface area contributed by atoms with Gasteiger partial charge in [-0.3, -0.25) is 9.69 Å². The first-order valence-electron chi connectivity index (χ1n) is 6.70. The van der Waals surface area contributed by atoms with E-state index in [4.69, 9.17) is 0 Å². The Balaban J connectivity index is 2.30. The summed E-state index contributed by atoms with van der Waals surface area (Å²) in [5, 5.41) is 11.8. The molecular weight excluding hydrogens is 258 g/mol. The van der Waals surface area contributed by atoms with Gasteiger partial charge >= 0.3 is 0 Å². The molecule has 5 heteroatoms. The van der Waals surface area contributed by atoms with Crippen LogP contribution in [-0.2, 0) is 4.79 Å². The van der Waals surface area contributed by atoms with E-state index in [1.807, 2.05) is 5.38 Å². The maximum atomic E-state index is 12.7. The first-order chi connectivity index (χ1) is 9.06. The normalized spacial score (nSPS) is 16.9. The molecule has 1 amide bonds. The number of hydrogen-bond donors (Lipinski definition) is 0. The highest BCUT2D eigenvalue weighted by Crippen LogP contribution is 2.32. The van der Waals surface area contributed by atoms with Gasteiger partial charge in [-0.1, -0.05) is 19.3 Å². The van der Waals surface area contributed by atoms with Gasteiger partial charge in [-0.2, -0.15) is 5.26 Å². The summed E-state index contributed by atoms with van der Waals surface area (Å²) < 4.78 is 0. The zero-order valence-electron chi connectivity index (χ0n) is 11.4. The van der Waals surface area contributed by atoms with Crippen LogP contribution in [0.15, 0.2) is 11.6 Å². The van der Waals surface area contributed by atoms with Crippen LogP contribution in [-0.4, -0.2) is 16.9 Å². The van der Waals surface area contributed by atoms with Crippen LogP contribution in [0.1, 0.15) is 46.0 Å². The Morgan fingerprint density at radius 3 is 2.68 bits per heavy atom. The predicted molar refractivity (Wildman–Crippen MR) is 75.9 cm³/mol. The predicted octanol–water partition coefficient (Wildman–Crippen LogP) is 3.36. The summed E-state index contributed by atoms with van der Waals surface area (Å²) in [6, 6.07) is 2.30. The van der Waals surface area contributed by atoms with Crippen LogP contribution in [0.5, 0.6) is 0 Å². The number of thiazole rings is 1. The van der Waals surface area contributed by atoms with E-state index in [2.05, 4.69) is 11.1 Å². The van der Waals surface area contributed by atoms with Gasteiger partial charge in [0.1, 0.15) is 5.41 Å². The smallest absolute Gasteiger partial charge is 0.248 e. The van der Waals surface area contributed by atoms with Gasteiger partial charge in [-0.15, -0.1) is 11.3 Å². The van der Waals surface area contributed by atoms with Crippen molar-refractivity contribution in [3.63, 3.8) is 0 Å². The molecule has 0 atom stereocenters. The summed E-state index contributed by atoms with van der Waals surface area (Å²) in [6.45, 7) is 3.36. The molecule has 19 heavy (non-hydrogen) atoms. The van der Waals surface area contributed by atoms with Crippen molar-refractivity contribution in [3.05, 3.63) is 11.6 Å². The number of anilines is 1. The number of aromatic nitrogens is 1. The molecule has 0 spiro atoms. The second kappa shape index (κ2) is 5.70. The van der Waals surface area contributed by atoms with E-state index >= 15 is 0 Å². The van der Waals surface area contributed by atoms with E-state index in [1.165, 1.54) is 17.8 Å². The van der Waals surface area contributed by atoms with Gasteiger partial charge < -0.3 is 0 Å². The SMILES string of the molecule is CC(C)(C#N)C(=O)N(c1nccs1)C1CCCCC1. The fourth-order valence-electron chi connectivity index (χ4n) is 2.43. The molecule has 0 aliphatic heterocycles. The van der Waals surface area contributed by atoms with Crippen molar-refractivity contribution in [1.29, 1.82) is 5.26 Å². The molecule has 1 fully saturated rings. The van der Waals surface area contributed by atoms with E-state index in [0.717, 1.165) is 30.8 Å². The highest BCUT2D eigenvalue weighted by molar-refractivity contribution is 7.13. The molecule has 102 valence electrons. The second-order valence-electron chi connectivity index (χ2n) is 5.52. The molecule has 0 saturated heterocycles. The molecule has 1 heterocycles. The van der Waals surface area contributed by atoms with Crippen LogP contribution in [0.25, 0.3) is 0 Å². The lowest BCUT2D eigenvalue weighted by Gasteiger charge is -2.35. The van der Waals surface area contributed by atoms with E-state index in [-0.39, 0.29) is 11.9 Å². The molecule has 1 aromatic heterocycles. The van der Waals surface area contributed by atoms with Gasteiger partial charge in [0.05, 0.1) is 6.07 Å². The summed E-state index contributed by atoms with van der Waals surface area (Å²) in [4.78, 5) is 18.7. The first kappa shape index (κ1) is 14.0. The van der Waals surface area contributed by atoms with Crippen molar-refractivity contribution < 1.29 is 4.79 Å². The summed E-state index contributed by atoms with van der Waals surface area (Å²) >= 11 is 1.46. The molecule has 0 aromatic carbocycles. The third-order valence-electron chi connectivity index (χ3n) is 3.60. The monoisotopic (exact) mass is 277 g/mol. The molecule has 1 aliphatic carbocycles. The van der Waals surface area contributed by atoms with Gasteiger partial charge in [0, 0.05) is 17.6 Å². The molecule has 1 aliphatic rings. The van der Waals surface area contributed by atoms with Crippen LogP contribution in [0.3, 0.4) is 0 Å². The van der Waals surface area contributed by atoms with Gasteiger partial charge in [0.15, 0.2) is 5.13 Å². The lowest BCUT2D eigenvalue weighted by Crippen LogP contribution is -2.47. The van der Waals surface area contributed by atoms with Crippen molar-refractivity contribution in [2.45, 2.75) is 52.0 Å². The fraction of sp³-hybridized carbons (Fsp3) is 0.643. The molecule has 0 radical (unpaired) electrons. The van der Waals surface area contributed by atoms with Crippen LogP contribution in [0.4, 0.5) is 5.13 Å². The number of carbonyl (C=O) groups is 1. The summed E-state index contributed by atoms with van der Waals surface area (Å²) in [5.74, 6) is -0.128. The minimum Gasteiger partial charge on any atom is -0.284 e. The molecule has 4 nitrogen and oxygen atoms in total. The minimum atomic E-state index is -0.997. The molecule has 2 rings (SSSR count). The third-order valence-corrected chi connectivity index (χ3v) is 4.37. The summed E-state index contributed by atoms with van der Waals surface area (Å²) in [5.41, 5.74) is -0.997. The van der Waals surface area contributed by atoms with E-state index in [0.29, 0.717) is 0 Å². The van der Waals surface area contributed by atoms with Crippen LogP contribution < -0.4 is 4.90 Å². The highest BCUT2D eigenvalue weighted by atomic mass is 32.1. The quantitative estimate of drug-likeness (QED) is 0.851. The highest BCUT2D eigenvalue weighted by Gasteiger charge is 2.38. The lowest BCUT2D eigenvalue weighted by atomic mass is 9.89. The maximum Gasteiger partial charge on any atom is 0.248 e. The van der Waals surface area contributed by atoms with E-state index < -0.39 is 5.41 Å². The largest absolute Gasteiger partial charge is 0.284 e. The number of nitrogens with zero attached hydrogens (tertiary/aromatic N) is 3. The Kier molecular flexibility index (Phi) is 4.20. The zero-order chi connectivity index (χ0) is 13.9. The van der Waals surface area contributed by atoms with Crippen LogP contribution >= 0.6 is 11.3 Å². The van der Waals surface area contributed by atoms with Crippen LogP contribution in [0, 0.1) is 16.7 Å². The van der Waals surface area contributed by atoms with Gasteiger partial charge in [-0.25, -0.2) is 4.98 Å². The standard InChI is InChI=1S/C14H19N3OS/c1-14(2,10-15)12(18)17(13-16-8-9-19-13)11-6-4-3-5-7-11/h8-9,11H,3-7H2,1-2H3. The topological polar surface area (TPSA) is 57.0 Å². The average molecular weight is 277 g/mol. The number of carbonyl (C=O) groups excluding carboxylic acids is 1. The molecule has 0 unspecified atom stereocenters. The van der Waals surface area contributed by atoms with E-state index in [1.54, 1.807) is 24.9 Å².